The molecule has 2 rings (SSSR count). The molecule has 0 saturated carbocycles. The molecule has 0 atom stereocenters. The van der Waals surface area contributed by atoms with Gasteiger partial charge in [0.1, 0.15) is 6.26 Å². The lowest BCUT2D eigenvalue weighted by atomic mass is 10.2. The zero-order valence-electron chi connectivity index (χ0n) is 15.1. The van der Waals surface area contributed by atoms with E-state index in [9.17, 15) is 0 Å². The fourth-order valence-electron chi connectivity index (χ4n) is 0.351. The van der Waals surface area contributed by atoms with E-state index in [0.717, 1.165) is 11.8 Å². The second kappa shape index (κ2) is 25.5. The number of aromatic nitrogens is 2. The van der Waals surface area contributed by atoms with Gasteiger partial charge in [0.25, 0.3) is 0 Å². The number of rotatable bonds is 2. The maximum Gasteiger partial charge on any atom is 0.180 e. The summed E-state index contributed by atoms with van der Waals surface area (Å²) in [5.41, 5.74) is 1.79. The van der Waals surface area contributed by atoms with Crippen molar-refractivity contribution in [2.45, 2.75) is 54.4 Å². The van der Waals surface area contributed by atoms with Gasteiger partial charge in [0.05, 0.1) is 11.7 Å². The molecule has 0 unspecified atom stereocenters. The van der Waals surface area contributed by atoms with Crippen LogP contribution in [0.3, 0.4) is 0 Å². The molecule has 3 nitrogen and oxygen atoms in total. The van der Waals surface area contributed by atoms with Gasteiger partial charge in [-0.1, -0.05) is 77.0 Å². The van der Waals surface area contributed by atoms with Crippen LogP contribution in [-0.4, -0.2) is 14.9 Å². The molecule has 0 saturated heterocycles. The van der Waals surface area contributed by atoms with Crippen LogP contribution in [0.25, 0.3) is 0 Å². The van der Waals surface area contributed by atoms with E-state index in [-0.39, 0.29) is 0 Å². The molecule has 0 radical (unpaired) electrons. The zero-order chi connectivity index (χ0) is 17.6. The van der Waals surface area contributed by atoms with E-state index in [1.54, 1.807) is 29.2 Å². The molecule has 0 N–H and O–H groups in total. The van der Waals surface area contributed by atoms with E-state index < -0.39 is 0 Å². The number of oxazole rings is 1. The van der Waals surface area contributed by atoms with Crippen molar-refractivity contribution in [3.05, 3.63) is 35.9 Å². The first-order valence-electron chi connectivity index (χ1n) is 7.56. The Hall–Kier alpha value is -0.430. The summed E-state index contributed by atoms with van der Waals surface area (Å²) in [5.74, 6) is 1.77. The fraction of sp³-hybridized carbons (Fsp3) is 0.647. The quantitative estimate of drug-likeness (QED) is 0.374. The highest BCUT2D eigenvalue weighted by Gasteiger charge is 1.80. The second-order valence-corrected chi connectivity index (χ2v) is 5.71. The molecule has 130 valence electrons. The number of alkyl halides is 1. The number of hydrogen-bond donors (Lipinski definition) is 0. The van der Waals surface area contributed by atoms with Crippen LogP contribution in [0.1, 0.15) is 54.4 Å². The van der Waals surface area contributed by atoms with Crippen LogP contribution in [0.4, 0.5) is 0 Å². The largest absolute Gasteiger partial charge is 0.452 e. The minimum absolute atomic E-state index is 0.884. The van der Waals surface area contributed by atoms with E-state index in [1.807, 2.05) is 10.3 Å². The predicted molar refractivity (Wildman–Crippen MR) is 109 cm³/mol. The summed E-state index contributed by atoms with van der Waals surface area (Å²) >= 11 is 3.75. The van der Waals surface area contributed by atoms with E-state index in [1.165, 1.54) is 25.5 Å². The van der Waals surface area contributed by atoms with Crippen molar-refractivity contribution in [1.29, 1.82) is 0 Å². The minimum atomic E-state index is 0.884. The molecule has 0 aromatic carbocycles. The van der Waals surface area contributed by atoms with Crippen molar-refractivity contribution in [3.63, 3.8) is 0 Å². The molecule has 0 bridgehead atoms. The van der Waals surface area contributed by atoms with Crippen LogP contribution in [0.5, 0.6) is 0 Å². The molecule has 0 spiro atoms. The van der Waals surface area contributed by atoms with Crippen molar-refractivity contribution < 1.29 is 4.42 Å². The third kappa shape index (κ3) is 36.6. The maximum absolute atomic E-state index is 4.47. The number of thiazole rings is 1. The molecule has 2 heterocycles. The average molecular weight is 440 g/mol. The topological polar surface area (TPSA) is 38.9 Å². The summed E-state index contributed by atoms with van der Waals surface area (Å²) in [6.45, 7) is 13.3. The highest BCUT2D eigenvalue weighted by molar-refractivity contribution is 14.1. The first-order valence-corrected chi connectivity index (χ1v) is 10.7. The zero-order valence-corrected chi connectivity index (χ0v) is 18.1. The number of halogens is 1. The lowest BCUT2D eigenvalue weighted by Gasteiger charge is -1.90. The second-order valence-electron chi connectivity index (χ2n) is 4.96. The predicted octanol–water partition coefficient (Wildman–Crippen LogP) is 6.97. The van der Waals surface area contributed by atoms with Crippen molar-refractivity contribution in [2.24, 2.45) is 11.8 Å². The third-order valence-corrected chi connectivity index (χ3v) is 2.85. The van der Waals surface area contributed by atoms with Crippen molar-refractivity contribution in [1.82, 2.24) is 9.97 Å². The fourth-order valence-corrected chi connectivity index (χ4v) is 0.703. The summed E-state index contributed by atoms with van der Waals surface area (Å²) in [7, 11) is 0. The van der Waals surface area contributed by atoms with Gasteiger partial charge in [-0.25, -0.2) is 4.98 Å². The van der Waals surface area contributed by atoms with Gasteiger partial charge in [-0.3, -0.25) is 4.98 Å². The average Bonchev–Trinajstić information content (AvgIpc) is 3.27. The SMILES string of the molecule is CCC(C)C.CCC(C)C.CI.c1cocn1.c1cscn1. The molecule has 0 fully saturated rings. The van der Waals surface area contributed by atoms with Gasteiger partial charge in [0.2, 0.25) is 0 Å². The number of hydrogen-bond acceptors (Lipinski definition) is 4. The van der Waals surface area contributed by atoms with Crippen LogP contribution >= 0.6 is 33.9 Å². The first-order chi connectivity index (χ1) is 10.5. The maximum atomic E-state index is 4.47. The van der Waals surface area contributed by atoms with Crippen LogP contribution in [0.15, 0.2) is 40.4 Å². The molecule has 0 aliphatic rings. The Balaban J connectivity index is -0.000000211. The summed E-state index contributed by atoms with van der Waals surface area (Å²) < 4.78 is 4.47. The van der Waals surface area contributed by atoms with E-state index in [4.69, 9.17) is 0 Å². The van der Waals surface area contributed by atoms with Crippen molar-refractivity contribution in [3.8, 4) is 0 Å². The van der Waals surface area contributed by atoms with Crippen molar-refractivity contribution in [2.75, 3.05) is 4.93 Å². The standard InChI is InChI=1S/2C5H12.C3H3NO.C3H3NS.CH3I/c2*1-4-5(2)3;2*1-2-5-3-4-1;1-2/h2*5H,4H2,1-3H3;2*1-3H;1H3. The lowest BCUT2D eigenvalue weighted by Crippen LogP contribution is -1.77. The minimum Gasteiger partial charge on any atom is -0.452 e. The molecular weight excluding hydrogens is 407 g/mol. The lowest BCUT2D eigenvalue weighted by molar-refractivity contribution is 0.558. The summed E-state index contributed by atoms with van der Waals surface area (Å²) in [4.78, 5) is 9.27. The smallest absolute Gasteiger partial charge is 0.180 e. The molecule has 5 heteroatoms. The third-order valence-electron chi connectivity index (χ3n) is 2.33. The summed E-state index contributed by atoms with van der Waals surface area (Å²) in [6, 6.07) is 0. The van der Waals surface area contributed by atoms with Crippen LogP contribution in [-0.2, 0) is 0 Å². The van der Waals surface area contributed by atoms with Gasteiger partial charge in [-0.05, 0) is 16.8 Å². The van der Waals surface area contributed by atoms with Crippen LogP contribution in [0, 0.1) is 11.8 Å². The molecule has 2 aromatic rings. The molecule has 2 aromatic heterocycles. The Morgan fingerprint density at radius 3 is 1.55 bits per heavy atom. The summed E-state index contributed by atoms with van der Waals surface area (Å²) in [5, 5.41) is 1.93. The van der Waals surface area contributed by atoms with Gasteiger partial charge in [0, 0.05) is 11.6 Å². The highest BCUT2D eigenvalue weighted by Crippen LogP contribution is 1.94. The molecule has 22 heavy (non-hydrogen) atoms. The summed E-state index contributed by atoms with van der Waals surface area (Å²) in [6.07, 6.45) is 8.85. The van der Waals surface area contributed by atoms with E-state index >= 15 is 0 Å². The Morgan fingerprint density at radius 1 is 0.955 bits per heavy atom. The van der Waals surface area contributed by atoms with E-state index in [2.05, 4.69) is 78.5 Å². The monoisotopic (exact) mass is 440 g/mol. The Kier molecular flexibility index (Phi) is 30.7. The first kappa shape index (κ1) is 26.5. The van der Waals surface area contributed by atoms with Gasteiger partial charge >= 0.3 is 0 Å². The Morgan fingerprint density at radius 2 is 1.45 bits per heavy atom. The molecule has 0 aliphatic carbocycles. The Bertz CT molecular complexity index is 256. The normalized spacial score (nSPS) is 8.27. The van der Waals surface area contributed by atoms with Crippen LogP contribution < -0.4 is 0 Å². The van der Waals surface area contributed by atoms with Gasteiger partial charge in [-0.15, -0.1) is 11.3 Å². The van der Waals surface area contributed by atoms with Gasteiger partial charge < -0.3 is 4.42 Å². The van der Waals surface area contributed by atoms with E-state index in [0.29, 0.717) is 0 Å². The van der Waals surface area contributed by atoms with Crippen LogP contribution in [0.2, 0.25) is 0 Å². The Labute approximate surface area is 155 Å². The highest BCUT2D eigenvalue weighted by atomic mass is 127. The molecular formula is C17H33IN2OS. The molecule has 0 amide bonds. The number of nitrogens with zero attached hydrogens (tertiary/aromatic N) is 2. The van der Waals surface area contributed by atoms with Gasteiger partial charge in [0.15, 0.2) is 6.39 Å². The van der Waals surface area contributed by atoms with Gasteiger partial charge in [-0.2, -0.15) is 0 Å². The van der Waals surface area contributed by atoms with Crippen molar-refractivity contribution >= 4 is 33.9 Å². The molecule has 0 aliphatic heterocycles.